The number of aliphatic hydroxyl groups is 5. The van der Waals surface area contributed by atoms with E-state index in [9.17, 15) is 39.8 Å². The summed E-state index contributed by atoms with van der Waals surface area (Å²) in [5.74, 6) is -0.525. The molecule has 0 saturated heterocycles. The topological polar surface area (TPSA) is 192 Å². The number of aliphatic hydroxyl groups excluding tert-OH is 5. The van der Waals surface area contributed by atoms with Crippen LogP contribution < -0.4 is 0 Å². The Kier molecular flexibility index (Phi) is 33.0. The van der Waals surface area contributed by atoms with Gasteiger partial charge in [-0.3, -0.25) is 13.8 Å². The number of hydrogen-bond donors (Lipinski definition) is 6. The van der Waals surface area contributed by atoms with Gasteiger partial charge in [0.15, 0.2) is 0 Å². The van der Waals surface area contributed by atoms with Gasteiger partial charge in [0.1, 0.15) is 42.7 Å². The Bertz CT molecular complexity index is 1230. The number of ether oxygens (including phenoxy) is 2. The highest BCUT2D eigenvalue weighted by atomic mass is 31.2. The second kappa shape index (κ2) is 35.5. The summed E-state index contributed by atoms with van der Waals surface area (Å²) in [5.41, 5.74) is 0. The second-order valence-corrected chi connectivity index (χ2v) is 16.2. The predicted octanol–water partition coefficient (Wildman–Crippen LogP) is 8.41. The van der Waals surface area contributed by atoms with Crippen molar-refractivity contribution in [3.63, 3.8) is 0 Å². The van der Waals surface area contributed by atoms with Crippen molar-refractivity contribution in [2.45, 2.75) is 185 Å². The summed E-state index contributed by atoms with van der Waals surface area (Å²) in [6.07, 6.45) is 32.6. The molecule has 0 aliphatic heterocycles. The van der Waals surface area contributed by atoms with E-state index in [-0.39, 0.29) is 13.0 Å². The van der Waals surface area contributed by atoms with Crippen LogP contribution in [-0.2, 0) is 27.9 Å². The molecule has 12 nitrogen and oxygen atoms in total. The number of hydrogen-bond acceptors (Lipinski definition) is 11. The van der Waals surface area contributed by atoms with E-state index in [4.69, 9.17) is 18.5 Å². The molecular weight excluding hydrogens is 763 g/mol. The monoisotopic (exact) mass is 841 g/mol. The van der Waals surface area contributed by atoms with Crippen LogP contribution in [0.15, 0.2) is 72.9 Å². The highest BCUT2D eigenvalue weighted by Crippen LogP contribution is 2.47. The molecule has 6 N–H and O–H groups in total. The molecule has 6 atom stereocenters. The number of phosphoric acid groups is 1. The Hall–Kier alpha value is -2.22. The van der Waals surface area contributed by atoms with E-state index in [1.165, 1.54) is 25.7 Å². The molecule has 0 aromatic carbocycles. The van der Waals surface area contributed by atoms with E-state index < -0.39 is 63.1 Å². The van der Waals surface area contributed by atoms with E-state index in [2.05, 4.69) is 86.8 Å². The highest BCUT2D eigenvalue weighted by molar-refractivity contribution is 7.47. The number of carbonyl (C=O) groups is 1. The minimum Gasteiger partial charge on any atom is -0.457 e. The van der Waals surface area contributed by atoms with Gasteiger partial charge in [-0.2, -0.15) is 0 Å². The number of phosphoric ester groups is 1. The van der Waals surface area contributed by atoms with E-state index >= 15 is 0 Å². The average Bonchev–Trinajstić information content (AvgIpc) is 3.21. The molecule has 0 bridgehead atoms. The summed E-state index contributed by atoms with van der Waals surface area (Å²) in [6.45, 7) is 4.02. The summed E-state index contributed by atoms with van der Waals surface area (Å²) in [7, 11) is -5.03. The number of unbranched alkanes of at least 4 members (excludes halogenated alkanes) is 11. The molecule has 0 aromatic heterocycles. The number of allylic oxidation sites excluding steroid dienone is 12. The number of carbonyl (C=O) groups excluding carboxylic acids is 1. The highest BCUT2D eigenvalue weighted by Gasteiger charge is 2.51. The molecule has 1 aliphatic carbocycles. The molecule has 0 aromatic rings. The maximum atomic E-state index is 12.8. The van der Waals surface area contributed by atoms with Crippen molar-refractivity contribution in [3.05, 3.63) is 72.9 Å². The Morgan fingerprint density at radius 1 is 0.569 bits per heavy atom. The Labute approximate surface area is 349 Å². The molecular formula is C45H77O12P. The van der Waals surface area contributed by atoms with Gasteiger partial charge in [0, 0.05) is 13.0 Å². The van der Waals surface area contributed by atoms with Crippen LogP contribution in [0.2, 0.25) is 0 Å². The largest absolute Gasteiger partial charge is 0.472 e. The first-order valence-electron chi connectivity index (χ1n) is 21.8. The fourth-order valence-corrected chi connectivity index (χ4v) is 7.05. The van der Waals surface area contributed by atoms with E-state index in [1.807, 2.05) is 0 Å². The van der Waals surface area contributed by atoms with Crippen molar-refractivity contribution in [1.29, 1.82) is 0 Å². The minimum atomic E-state index is -5.03. The third-order valence-corrected chi connectivity index (χ3v) is 10.5. The van der Waals surface area contributed by atoms with Crippen LogP contribution >= 0.6 is 7.82 Å². The van der Waals surface area contributed by atoms with Crippen LogP contribution in [0.3, 0.4) is 0 Å². The summed E-state index contributed by atoms with van der Waals surface area (Å²) >= 11 is 0. The standard InChI is InChI=1S/C45H77O12P/c1-3-5-7-9-11-13-15-17-19-21-23-25-27-29-31-33-35-54-36-38(37-55-58(52,53)57-45-43(50)41(48)40(47)42(49)44(45)51)56-39(46)34-32-30-28-26-24-22-20-18-16-14-12-10-8-6-4-2/h6,8,11-14,17-20,24,26,38,40-45,47-51H,3-5,7,9-10,15-16,21-23,25,27-37H2,1-2H3,(H,52,53)/b8-6-,13-11-,14-12-,19-17-,20-18-,26-24-. The third-order valence-electron chi connectivity index (χ3n) is 9.56. The summed E-state index contributed by atoms with van der Waals surface area (Å²) in [4.78, 5) is 23.1. The van der Waals surface area contributed by atoms with Crippen LogP contribution in [-0.4, -0.2) is 98.9 Å². The first-order chi connectivity index (χ1) is 28.0. The first-order valence-corrected chi connectivity index (χ1v) is 23.3. The number of rotatable bonds is 35. The van der Waals surface area contributed by atoms with Gasteiger partial charge in [-0.1, -0.05) is 125 Å². The molecule has 0 spiro atoms. The Morgan fingerprint density at radius 2 is 1.02 bits per heavy atom. The van der Waals surface area contributed by atoms with Crippen molar-refractivity contribution in [3.8, 4) is 0 Å². The fraction of sp³-hybridized carbons (Fsp3) is 0.711. The van der Waals surface area contributed by atoms with Crippen LogP contribution in [0, 0.1) is 0 Å². The first kappa shape index (κ1) is 53.8. The molecule has 1 rings (SSSR count). The van der Waals surface area contributed by atoms with Gasteiger partial charge in [0.05, 0.1) is 13.2 Å². The lowest BCUT2D eigenvalue weighted by molar-refractivity contribution is -0.220. The smallest absolute Gasteiger partial charge is 0.457 e. The molecule has 1 saturated carbocycles. The van der Waals surface area contributed by atoms with Crippen molar-refractivity contribution in [2.75, 3.05) is 19.8 Å². The number of esters is 1. The third kappa shape index (κ3) is 27.5. The van der Waals surface area contributed by atoms with Gasteiger partial charge < -0.3 is 39.9 Å². The normalized spacial score (nSPS) is 23.4. The van der Waals surface area contributed by atoms with Crippen LogP contribution in [0.4, 0.5) is 0 Å². The maximum Gasteiger partial charge on any atom is 0.472 e. The molecule has 58 heavy (non-hydrogen) atoms. The molecule has 1 fully saturated rings. The molecule has 13 heteroatoms. The molecule has 1 aliphatic rings. The lowest BCUT2D eigenvalue weighted by Crippen LogP contribution is -2.64. The predicted molar refractivity (Wildman–Crippen MR) is 230 cm³/mol. The van der Waals surface area contributed by atoms with Crippen LogP contribution in [0.1, 0.15) is 142 Å². The molecule has 0 amide bonds. The maximum absolute atomic E-state index is 12.8. The van der Waals surface area contributed by atoms with Crippen molar-refractivity contribution in [1.82, 2.24) is 0 Å². The van der Waals surface area contributed by atoms with E-state index in [1.54, 1.807) is 0 Å². The van der Waals surface area contributed by atoms with Gasteiger partial charge in [-0.05, 0) is 83.5 Å². The second-order valence-electron chi connectivity index (χ2n) is 14.8. The van der Waals surface area contributed by atoms with Crippen molar-refractivity contribution >= 4 is 13.8 Å². The van der Waals surface area contributed by atoms with Crippen LogP contribution in [0.25, 0.3) is 0 Å². The van der Waals surface area contributed by atoms with Gasteiger partial charge >= 0.3 is 13.8 Å². The molecule has 0 heterocycles. The quantitative estimate of drug-likeness (QED) is 0.0155. The lowest BCUT2D eigenvalue weighted by atomic mass is 9.85. The van der Waals surface area contributed by atoms with Gasteiger partial charge in [0.25, 0.3) is 0 Å². The molecule has 334 valence electrons. The Balaban J connectivity index is 2.47. The van der Waals surface area contributed by atoms with Crippen molar-refractivity contribution in [2.24, 2.45) is 0 Å². The van der Waals surface area contributed by atoms with E-state index in [0.717, 1.165) is 89.9 Å². The van der Waals surface area contributed by atoms with Crippen molar-refractivity contribution < 1.29 is 58.3 Å². The zero-order valence-electron chi connectivity index (χ0n) is 35.3. The summed E-state index contributed by atoms with van der Waals surface area (Å²) < 4.78 is 34.1. The average molecular weight is 841 g/mol. The van der Waals surface area contributed by atoms with Gasteiger partial charge in [-0.25, -0.2) is 4.57 Å². The minimum absolute atomic E-state index is 0.105. The van der Waals surface area contributed by atoms with E-state index in [0.29, 0.717) is 13.0 Å². The SMILES string of the molecule is CC/C=C\C/C=C\C/C=C\C/C=C\CCCCC(=O)OC(COCCCCCCCC/C=C\C/C=C\CCCCC)COP(=O)(O)OC1C(O)C(O)C(O)C(O)C1O. The summed E-state index contributed by atoms with van der Waals surface area (Å²) in [5, 5.41) is 50.1. The zero-order valence-corrected chi connectivity index (χ0v) is 36.2. The lowest BCUT2D eigenvalue weighted by Gasteiger charge is -2.41. The summed E-state index contributed by atoms with van der Waals surface area (Å²) in [6, 6.07) is 0. The molecule has 6 unspecified atom stereocenters. The Morgan fingerprint density at radius 3 is 1.55 bits per heavy atom. The van der Waals surface area contributed by atoms with Crippen LogP contribution in [0.5, 0.6) is 0 Å². The van der Waals surface area contributed by atoms with Gasteiger partial charge in [0.2, 0.25) is 0 Å². The van der Waals surface area contributed by atoms with Gasteiger partial charge in [-0.15, -0.1) is 0 Å². The zero-order chi connectivity index (χ0) is 42.7. The molecule has 0 radical (unpaired) electrons. The fourth-order valence-electron chi connectivity index (χ4n) is 6.08.